The molecule has 3 nitrogen and oxygen atoms in total. The third-order valence-corrected chi connectivity index (χ3v) is 2.41. The summed E-state index contributed by atoms with van der Waals surface area (Å²) < 4.78 is 0. The molecule has 0 aromatic carbocycles. The van der Waals surface area contributed by atoms with E-state index in [9.17, 15) is 0 Å². The van der Waals surface area contributed by atoms with Crippen LogP contribution in [0, 0.1) is 11.3 Å². The highest BCUT2D eigenvalue weighted by atomic mass is 15.3. The Morgan fingerprint density at radius 1 is 1.60 bits per heavy atom. The van der Waals surface area contributed by atoms with E-state index in [-0.39, 0.29) is 6.04 Å². The highest BCUT2D eigenvalue weighted by molar-refractivity contribution is 5.02. The van der Waals surface area contributed by atoms with Crippen LogP contribution in [-0.4, -0.2) is 36.6 Å². The van der Waals surface area contributed by atoms with Crippen LogP contribution in [0.15, 0.2) is 0 Å². The van der Waals surface area contributed by atoms with Gasteiger partial charge in [0.05, 0.1) is 6.07 Å². The van der Waals surface area contributed by atoms with Crippen molar-refractivity contribution in [1.29, 1.82) is 5.26 Å². The Bertz CT molecular complexity index is 172. The molecule has 0 spiro atoms. The van der Waals surface area contributed by atoms with Gasteiger partial charge in [-0.15, -0.1) is 0 Å². The third-order valence-electron chi connectivity index (χ3n) is 2.41. The zero-order chi connectivity index (χ0) is 6.97. The quantitative estimate of drug-likeness (QED) is 0.492. The van der Waals surface area contributed by atoms with Gasteiger partial charge in [-0.3, -0.25) is 4.90 Å². The highest BCUT2D eigenvalue weighted by Gasteiger charge is 2.32. The van der Waals surface area contributed by atoms with Gasteiger partial charge < -0.3 is 5.32 Å². The minimum Gasteiger partial charge on any atom is -0.310 e. The summed E-state index contributed by atoms with van der Waals surface area (Å²) in [6.07, 6.45) is 1.22. The molecule has 2 aliphatic heterocycles. The second-order valence-corrected chi connectivity index (χ2v) is 3.03. The lowest BCUT2D eigenvalue weighted by atomic mass is 10.2. The summed E-state index contributed by atoms with van der Waals surface area (Å²) in [5, 5.41) is 12.0. The van der Waals surface area contributed by atoms with Crippen LogP contribution in [0.25, 0.3) is 0 Å². The summed E-state index contributed by atoms with van der Waals surface area (Å²) in [6, 6.07) is 3.10. The molecule has 2 aliphatic rings. The van der Waals surface area contributed by atoms with Crippen molar-refractivity contribution in [2.45, 2.75) is 18.5 Å². The molecule has 2 heterocycles. The first-order valence-corrected chi connectivity index (χ1v) is 3.77. The number of fused-ring (bicyclic) bond motifs is 2. The van der Waals surface area contributed by atoms with Gasteiger partial charge in [0.2, 0.25) is 0 Å². The number of rotatable bonds is 0. The van der Waals surface area contributed by atoms with Gasteiger partial charge >= 0.3 is 0 Å². The molecule has 0 saturated carbocycles. The van der Waals surface area contributed by atoms with Crippen LogP contribution in [0.1, 0.15) is 6.42 Å². The third kappa shape index (κ3) is 0.808. The van der Waals surface area contributed by atoms with E-state index >= 15 is 0 Å². The molecular formula is C7H11N3. The molecule has 3 unspecified atom stereocenters. The fourth-order valence-electron chi connectivity index (χ4n) is 1.77. The zero-order valence-corrected chi connectivity index (χ0v) is 5.88. The van der Waals surface area contributed by atoms with Crippen LogP contribution in [0.2, 0.25) is 0 Å². The summed E-state index contributed by atoms with van der Waals surface area (Å²) in [6.45, 7) is 3.05. The van der Waals surface area contributed by atoms with Crippen molar-refractivity contribution in [3.05, 3.63) is 0 Å². The standard InChI is InChI=1S/C7H11N3/c8-3-7-4-9-6-1-2-10(7)5-6/h6-7,9H,1-2,4-5H2. The van der Waals surface area contributed by atoms with Gasteiger partial charge in [0.25, 0.3) is 0 Å². The smallest absolute Gasteiger partial charge is 0.110 e. The Kier molecular flexibility index (Phi) is 1.37. The minimum atomic E-state index is 0.138. The van der Waals surface area contributed by atoms with E-state index in [1.54, 1.807) is 0 Å². The maximum atomic E-state index is 8.68. The summed E-state index contributed by atoms with van der Waals surface area (Å²) in [5.41, 5.74) is 0. The van der Waals surface area contributed by atoms with E-state index in [2.05, 4.69) is 16.3 Å². The monoisotopic (exact) mass is 137 g/mol. The van der Waals surface area contributed by atoms with Gasteiger partial charge in [0, 0.05) is 25.7 Å². The van der Waals surface area contributed by atoms with Crippen molar-refractivity contribution < 1.29 is 0 Å². The van der Waals surface area contributed by atoms with E-state index in [1.807, 2.05) is 0 Å². The summed E-state index contributed by atoms with van der Waals surface area (Å²) in [5.74, 6) is 0. The molecule has 2 saturated heterocycles. The summed E-state index contributed by atoms with van der Waals surface area (Å²) in [7, 11) is 0. The van der Waals surface area contributed by atoms with Gasteiger partial charge in [-0.2, -0.15) is 5.26 Å². The molecule has 3 atom stereocenters. The van der Waals surface area contributed by atoms with Gasteiger partial charge in [-0.05, 0) is 6.42 Å². The van der Waals surface area contributed by atoms with Gasteiger partial charge in [-0.25, -0.2) is 0 Å². The van der Waals surface area contributed by atoms with Crippen LogP contribution in [0.5, 0.6) is 0 Å². The lowest BCUT2D eigenvalue weighted by Crippen LogP contribution is -2.49. The SMILES string of the molecule is N#CC1CNC2CCN1C2. The summed E-state index contributed by atoms with van der Waals surface area (Å²) >= 11 is 0. The topological polar surface area (TPSA) is 39.1 Å². The molecule has 2 rings (SSSR count). The second kappa shape index (κ2) is 2.22. The molecule has 2 bridgehead atoms. The molecular weight excluding hydrogens is 126 g/mol. The van der Waals surface area contributed by atoms with E-state index in [0.717, 1.165) is 19.6 Å². The van der Waals surface area contributed by atoms with Crippen molar-refractivity contribution in [3.63, 3.8) is 0 Å². The van der Waals surface area contributed by atoms with E-state index in [1.165, 1.54) is 6.42 Å². The molecule has 0 aromatic rings. The van der Waals surface area contributed by atoms with Crippen molar-refractivity contribution in [2.24, 2.45) is 0 Å². The van der Waals surface area contributed by atoms with Gasteiger partial charge in [0.15, 0.2) is 0 Å². The molecule has 2 fully saturated rings. The first-order valence-electron chi connectivity index (χ1n) is 3.77. The minimum absolute atomic E-state index is 0.138. The van der Waals surface area contributed by atoms with Gasteiger partial charge in [0.1, 0.15) is 6.04 Å². The number of nitrogens with zero attached hydrogens (tertiary/aromatic N) is 2. The van der Waals surface area contributed by atoms with E-state index in [4.69, 9.17) is 5.26 Å². The lowest BCUT2D eigenvalue weighted by molar-refractivity contribution is 0.240. The van der Waals surface area contributed by atoms with Crippen molar-refractivity contribution >= 4 is 0 Å². The molecule has 0 amide bonds. The fourth-order valence-corrected chi connectivity index (χ4v) is 1.77. The Morgan fingerprint density at radius 3 is 3.30 bits per heavy atom. The van der Waals surface area contributed by atoms with E-state index < -0.39 is 0 Å². The predicted molar refractivity (Wildman–Crippen MR) is 37.4 cm³/mol. The molecule has 3 heteroatoms. The van der Waals surface area contributed by atoms with Crippen LogP contribution in [-0.2, 0) is 0 Å². The number of hydrogen-bond donors (Lipinski definition) is 1. The van der Waals surface area contributed by atoms with Crippen LogP contribution in [0.3, 0.4) is 0 Å². The molecule has 54 valence electrons. The molecule has 1 N–H and O–H groups in total. The highest BCUT2D eigenvalue weighted by Crippen LogP contribution is 2.16. The zero-order valence-electron chi connectivity index (χ0n) is 5.88. The van der Waals surface area contributed by atoms with Crippen molar-refractivity contribution in [2.75, 3.05) is 19.6 Å². The predicted octanol–water partition coefficient (Wildman–Crippen LogP) is -0.444. The Balaban J connectivity index is 2.08. The Morgan fingerprint density at radius 2 is 2.50 bits per heavy atom. The van der Waals surface area contributed by atoms with Crippen molar-refractivity contribution in [1.82, 2.24) is 10.2 Å². The summed E-state index contributed by atoms with van der Waals surface area (Å²) in [4.78, 5) is 2.27. The number of piperazine rings is 1. The van der Waals surface area contributed by atoms with Crippen LogP contribution >= 0.6 is 0 Å². The largest absolute Gasteiger partial charge is 0.310 e. The molecule has 10 heavy (non-hydrogen) atoms. The number of hydrogen-bond acceptors (Lipinski definition) is 3. The first kappa shape index (κ1) is 6.14. The Labute approximate surface area is 60.6 Å². The van der Waals surface area contributed by atoms with Crippen LogP contribution in [0.4, 0.5) is 0 Å². The molecule has 0 aliphatic carbocycles. The number of nitrogens with one attached hydrogen (secondary N) is 1. The van der Waals surface area contributed by atoms with E-state index in [0.29, 0.717) is 6.04 Å². The average molecular weight is 137 g/mol. The van der Waals surface area contributed by atoms with Gasteiger partial charge in [-0.1, -0.05) is 0 Å². The fraction of sp³-hybridized carbons (Fsp3) is 0.857. The maximum absolute atomic E-state index is 8.68. The Hall–Kier alpha value is -0.590. The molecule has 0 aromatic heterocycles. The molecule has 0 radical (unpaired) electrons. The second-order valence-electron chi connectivity index (χ2n) is 3.03. The van der Waals surface area contributed by atoms with Crippen molar-refractivity contribution in [3.8, 4) is 6.07 Å². The maximum Gasteiger partial charge on any atom is 0.110 e. The lowest BCUT2D eigenvalue weighted by Gasteiger charge is -2.27. The number of nitriles is 1. The van der Waals surface area contributed by atoms with Crippen LogP contribution < -0.4 is 5.32 Å². The first-order chi connectivity index (χ1) is 4.90. The normalized spacial score (nSPS) is 44.9. The average Bonchev–Trinajstić information content (AvgIpc) is 2.34.